The van der Waals surface area contributed by atoms with E-state index in [1.807, 2.05) is 11.4 Å². The first-order valence-corrected chi connectivity index (χ1v) is 10.2. The number of piperazine rings is 1. The van der Waals surface area contributed by atoms with Crippen molar-refractivity contribution in [1.29, 1.82) is 0 Å². The highest BCUT2D eigenvalue weighted by Crippen LogP contribution is 2.26. The van der Waals surface area contributed by atoms with E-state index in [1.165, 1.54) is 0 Å². The molecule has 10 heteroatoms. The molecular formula is C19H23N3O6S. The lowest BCUT2D eigenvalue weighted by atomic mass is 10.0. The van der Waals surface area contributed by atoms with Gasteiger partial charge in [-0.05, 0) is 25.0 Å². The predicted octanol–water partition coefficient (Wildman–Crippen LogP) is 1.57. The van der Waals surface area contributed by atoms with Crippen molar-refractivity contribution in [3.05, 3.63) is 45.0 Å². The van der Waals surface area contributed by atoms with E-state index in [4.69, 9.17) is 19.1 Å². The molecular weight excluding hydrogens is 398 g/mol. The first-order chi connectivity index (χ1) is 14.0. The molecule has 2 aromatic rings. The summed E-state index contributed by atoms with van der Waals surface area (Å²) < 4.78 is 10.8. The molecule has 29 heavy (non-hydrogen) atoms. The molecule has 0 aliphatic carbocycles. The Kier molecular flexibility index (Phi) is 6.99. The highest BCUT2D eigenvalue weighted by Gasteiger charge is 2.28. The Balaban J connectivity index is 0.000000755. The highest BCUT2D eigenvalue weighted by atomic mass is 32.1. The number of aryl methyl sites for hydroxylation is 1. The van der Waals surface area contributed by atoms with Crippen LogP contribution in [0.15, 0.2) is 26.9 Å². The van der Waals surface area contributed by atoms with Crippen LogP contribution in [0.2, 0.25) is 0 Å². The van der Waals surface area contributed by atoms with E-state index in [0.717, 1.165) is 11.6 Å². The smallest absolute Gasteiger partial charge is 0.349 e. The van der Waals surface area contributed by atoms with E-state index in [2.05, 4.69) is 9.88 Å². The summed E-state index contributed by atoms with van der Waals surface area (Å²) in [5.41, 5.74) is 0.283. The second kappa shape index (κ2) is 9.66. The van der Waals surface area contributed by atoms with E-state index in [1.54, 1.807) is 29.4 Å². The number of hydrogen-bond donors (Lipinski definition) is 1. The normalized spacial score (nSPS) is 18.9. The van der Waals surface area contributed by atoms with Gasteiger partial charge in [0, 0.05) is 50.3 Å². The zero-order valence-corrected chi connectivity index (χ0v) is 16.9. The second-order valence-corrected chi connectivity index (χ2v) is 7.63. The Morgan fingerprint density at radius 3 is 2.62 bits per heavy atom. The maximum absolute atomic E-state index is 12.9. The van der Waals surface area contributed by atoms with Gasteiger partial charge in [-0.2, -0.15) is 0 Å². The Bertz CT molecular complexity index is 884. The minimum Gasteiger partial charge on any atom is -0.483 e. The van der Waals surface area contributed by atoms with Gasteiger partial charge in [-0.1, -0.05) is 0 Å². The van der Waals surface area contributed by atoms with Gasteiger partial charge in [-0.25, -0.2) is 9.78 Å². The average Bonchev–Trinajstić information content (AvgIpc) is 3.42. The third-order valence-corrected chi connectivity index (χ3v) is 5.80. The molecule has 0 radical (unpaired) electrons. The summed E-state index contributed by atoms with van der Waals surface area (Å²) in [6.07, 6.45) is 2.62. The van der Waals surface area contributed by atoms with Crippen molar-refractivity contribution >= 4 is 28.8 Å². The van der Waals surface area contributed by atoms with Crippen LogP contribution in [-0.2, 0) is 9.53 Å². The van der Waals surface area contributed by atoms with Gasteiger partial charge in [-0.15, -0.1) is 11.3 Å². The summed E-state index contributed by atoms with van der Waals surface area (Å²) in [5.74, 6) is 0.479. The molecule has 2 aliphatic heterocycles. The van der Waals surface area contributed by atoms with Gasteiger partial charge in [0.2, 0.25) is 0 Å². The van der Waals surface area contributed by atoms with Crippen molar-refractivity contribution in [2.45, 2.75) is 19.3 Å². The summed E-state index contributed by atoms with van der Waals surface area (Å²) in [5, 5.41) is 9.80. The summed E-state index contributed by atoms with van der Waals surface area (Å²) in [6.45, 7) is 5.34. The van der Waals surface area contributed by atoms with Gasteiger partial charge in [0.15, 0.2) is 5.13 Å². The van der Waals surface area contributed by atoms with Crippen LogP contribution in [-0.4, -0.2) is 66.8 Å². The van der Waals surface area contributed by atoms with Crippen molar-refractivity contribution in [3.63, 3.8) is 0 Å². The van der Waals surface area contributed by atoms with Gasteiger partial charge in [0.05, 0.1) is 6.61 Å². The Hall–Kier alpha value is -2.72. The minimum atomic E-state index is -0.542. The topological polar surface area (TPSA) is 113 Å². The van der Waals surface area contributed by atoms with Crippen LogP contribution in [0.5, 0.6) is 0 Å². The molecule has 0 spiro atoms. The third-order valence-electron chi connectivity index (χ3n) is 4.97. The fraction of sp³-hybridized carbons (Fsp3) is 0.474. The molecule has 4 heterocycles. The minimum absolute atomic E-state index is 0.104. The number of carboxylic acid groups (broad SMARTS) is 1. The lowest BCUT2D eigenvalue weighted by Crippen LogP contribution is -2.49. The van der Waals surface area contributed by atoms with E-state index >= 15 is 0 Å². The molecule has 0 aromatic carbocycles. The number of aromatic nitrogens is 1. The van der Waals surface area contributed by atoms with Crippen molar-refractivity contribution in [1.82, 2.24) is 9.88 Å². The fourth-order valence-corrected chi connectivity index (χ4v) is 4.18. The van der Waals surface area contributed by atoms with Crippen molar-refractivity contribution in [2.75, 3.05) is 44.3 Å². The Labute approximate surface area is 171 Å². The quantitative estimate of drug-likeness (QED) is 0.743. The van der Waals surface area contributed by atoms with Crippen molar-refractivity contribution in [2.24, 2.45) is 0 Å². The van der Waals surface area contributed by atoms with Crippen LogP contribution in [0.4, 0.5) is 5.13 Å². The Morgan fingerprint density at radius 1 is 1.34 bits per heavy atom. The molecule has 4 rings (SSSR count). The van der Waals surface area contributed by atoms with Crippen molar-refractivity contribution in [3.8, 4) is 0 Å². The molecule has 2 fully saturated rings. The number of amides is 1. The Morgan fingerprint density at radius 2 is 2.07 bits per heavy atom. The number of anilines is 1. The van der Waals surface area contributed by atoms with Crippen molar-refractivity contribution < 1.29 is 23.8 Å². The first-order valence-electron chi connectivity index (χ1n) is 9.29. The molecule has 2 saturated heterocycles. The summed E-state index contributed by atoms with van der Waals surface area (Å²) >= 11 is 1.59. The first kappa shape index (κ1) is 21.0. The number of thiazole rings is 1. The van der Waals surface area contributed by atoms with Gasteiger partial charge in [-0.3, -0.25) is 9.59 Å². The summed E-state index contributed by atoms with van der Waals surface area (Å²) in [7, 11) is 0. The number of ether oxygens (including phenoxy) is 1. The van der Waals surface area contributed by atoms with E-state index in [9.17, 15) is 9.59 Å². The molecule has 1 unspecified atom stereocenters. The zero-order chi connectivity index (χ0) is 20.8. The summed E-state index contributed by atoms with van der Waals surface area (Å²) in [4.78, 5) is 41.9. The van der Waals surface area contributed by atoms with E-state index < -0.39 is 5.63 Å². The maximum Gasteiger partial charge on any atom is 0.349 e. The van der Waals surface area contributed by atoms with Gasteiger partial charge in [0.1, 0.15) is 11.3 Å². The molecule has 9 nitrogen and oxygen atoms in total. The molecule has 1 atom stereocenters. The van der Waals surface area contributed by atoms with E-state index in [-0.39, 0.29) is 23.9 Å². The number of nitrogens with zero attached hydrogens (tertiary/aromatic N) is 3. The van der Waals surface area contributed by atoms with Gasteiger partial charge >= 0.3 is 5.63 Å². The van der Waals surface area contributed by atoms with Gasteiger partial charge in [0.25, 0.3) is 12.4 Å². The van der Waals surface area contributed by atoms with Crippen LogP contribution >= 0.6 is 11.3 Å². The van der Waals surface area contributed by atoms with Crippen LogP contribution in [0, 0.1) is 6.92 Å². The molecule has 2 aliphatic rings. The van der Waals surface area contributed by atoms with Gasteiger partial charge < -0.3 is 24.1 Å². The molecule has 156 valence electrons. The predicted molar refractivity (Wildman–Crippen MR) is 107 cm³/mol. The molecule has 0 saturated carbocycles. The average molecular weight is 421 g/mol. The highest BCUT2D eigenvalue weighted by molar-refractivity contribution is 7.13. The number of carbonyl (C=O) groups excluding carboxylic acids is 1. The number of rotatable bonds is 3. The number of hydrogen-bond acceptors (Lipinski definition) is 8. The lowest BCUT2D eigenvalue weighted by Gasteiger charge is -2.34. The van der Waals surface area contributed by atoms with Crippen LogP contribution < -0.4 is 10.5 Å². The van der Waals surface area contributed by atoms with E-state index in [0.29, 0.717) is 50.7 Å². The second-order valence-electron chi connectivity index (χ2n) is 6.75. The monoisotopic (exact) mass is 421 g/mol. The fourth-order valence-electron chi connectivity index (χ4n) is 3.48. The molecule has 2 aromatic heterocycles. The third kappa shape index (κ3) is 4.83. The van der Waals surface area contributed by atoms with Crippen LogP contribution in [0.25, 0.3) is 0 Å². The summed E-state index contributed by atoms with van der Waals surface area (Å²) in [6, 6.07) is 1.82. The molecule has 1 amide bonds. The lowest BCUT2D eigenvalue weighted by molar-refractivity contribution is -0.122. The standard InChI is InChI=1S/C18H21N3O4S.CH2O2/c1-12-10-14(13-2-8-24-11-13)25-17(23)15(12)16(22)20-4-6-21(7-5-20)18-19-3-9-26-18;2-1-3/h3,9-10,13H,2,4-8,11H2,1H3;1H,(H,2,3). The number of carbonyl (C=O) groups is 2. The van der Waals surface area contributed by atoms with Crippen LogP contribution in [0.3, 0.4) is 0 Å². The molecule has 1 N–H and O–H groups in total. The SMILES string of the molecule is Cc1cc(C2CCOC2)oc(=O)c1C(=O)N1CCN(c2nccs2)CC1.O=CO. The van der Waals surface area contributed by atoms with Crippen LogP contribution in [0.1, 0.15) is 34.0 Å². The zero-order valence-electron chi connectivity index (χ0n) is 16.1. The maximum atomic E-state index is 12.9. The largest absolute Gasteiger partial charge is 0.483 e. The molecule has 0 bridgehead atoms.